The highest BCUT2D eigenvalue weighted by atomic mass is 16.2. The van der Waals surface area contributed by atoms with E-state index in [1.165, 1.54) is 0 Å². The summed E-state index contributed by atoms with van der Waals surface area (Å²) in [4.78, 5) is 25.7. The molecule has 0 aliphatic rings. The summed E-state index contributed by atoms with van der Waals surface area (Å²) < 4.78 is 0. The van der Waals surface area contributed by atoms with Gasteiger partial charge in [-0.2, -0.15) is 0 Å². The molecule has 5 nitrogen and oxygen atoms in total. The topological polar surface area (TPSA) is 75.4 Å². The lowest BCUT2D eigenvalue weighted by Crippen LogP contribution is -2.51. The molecule has 0 fully saturated rings. The predicted octanol–water partition coefficient (Wildman–Crippen LogP) is 0.735. The minimum absolute atomic E-state index is 0.0242. The van der Waals surface area contributed by atoms with Gasteiger partial charge < -0.3 is 16.0 Å². The van der Waals surface area contributed by atoms with Gasteiger partial charge in [-0.05, 0) is 6.42 Å². The van der Waals surface area contributed by atoms with Gasteiger partial charge in [0.1, 0.15) is 6.04 Å². The first-order chi connectivity index (χ1) is 8.25. The second kappa shape index (κ2) is 7.36. The Morgan fingerprint density at radius 1 is 1.33 bits per heavy atom. The molecule has 0 radical (unpaired) electrons. The van der Waals surface area contributed by atoms with Crippen LogP contribution in [-0.2, 0) is 9.59 Å². The number of nitrogens with zero attached hydrogens (tertiary/aromatic N) is 1. The summed E-state index contributed by atoms with van der Waals surface area (Å²) in [7, 11) is 1.69. The largest absolute Gasteiger partial charge is 0.353 e. The van der Waals surface area contributed by atoms with E-state index in [1.807, 2.05) is 27.7 Å². The van der Waals surface area contributed by atoms with Gasteiger partial charge in [-0.15, -0.1) is 0 Å². The highest BCUT2D eigenvalue weighted by Gasteiger charge is 2.32. The molecule has 0 aliphatic carbocycles. The lowest BCUT2D eigenvalue weighted by Gasteiger charge is -2.32. The van der Waals surface area contributed by atoms with Gasteiger partial charge in [-0.3, -0.25) is 9.59 Å². The van der Waals surface area contributed by atoms with Crippen molar-refractivity contribution in [2.75, 3.05) is 20.1 Å². The first-order valence-corrected chi connectivity index (χ1v) is 6.50. The van der Waals surface area contributed by atoms with E-state index in [1.54, 1.807) is 11.9 Å². The molecule has 0 aromatic carbocycles. The quantitative estimate of drug-likeness (QED) is 0.736. The minimum atomic E-state index is -0.477. The molecule has 106 valence electrons. The lowest BCUT2D eigenvalue weighted by atomic mass is 9.93. The Bertz CT molecular complexity index is 284. The van der Waals surface area contributed by atoms with Crippen LogP contribution in [0.1, 0.15) is 40.5 Å². The van der Waals surface area contributed by atoms with Gasteiger partial charge in [0.05, 0.1) is 0 Å². The molecule has 18 heavy (non-hydrogen) atoms. The smallest absolute Gasteiger partial charge is 0.242 e. The fourth-order valence-corrected chi connectivity index (χ4v) is 1.76. The number of nitrogens with one attached hydrogen (secondary N) is 1. The van der Waals surface area contributed by atoms with Crippen molar-refractivity contribution in [3.63, 3.8) is 0 Å². The predicted molar refractivity (Wildman–Crippen MR) is 73.0 cm³/mol. The first-order valence-electron chi connectivity index (χ1n) is 6.50. The molecule has 2 amide bonds. The maximum Gasteiger partial charge on any atom is 0.242 e. The normalized spacial score (nSPS) is 13.0. The molecule has 0 saturated carbocycles. The Kier molecular flexibility index (Phi) is 6.91. The van der Waals surface area contributed by atoms with Gasteiger partial charge in [0.15, 0.2) is 0 Å². The summed E-state index contributed by atoms with van der Waals surface area (Å²) in [6.07, 6.45) is 1.51. The molecule has 0 aromatic heterocycles. The SMILES string of the molecule is CCC[C@@H](C(=O)NCCN)N(C)C(=O)C(C)(C)C. The molecule has 0 spiro atoms. The molecule has 0 aliphatic heterocycles. The summed E-state index contributed by atoms with van der Waals surface area (Å²) >= 11 is 0. The Hall–Kier alpha value is -1.10. The van der Waals surface area contributed by atoms with Crippen LogP contribution >= 0.6 is 0 Å². The highest BCUT2D eigenvalue weighted by molar-refractivity contribution is 5.89. The zero-order valence-electron chi connectivity index (χ0n) is 12.2. The fraction of sp³-hybridized carbons (Fsp3) is 0.846. The molecular formula is C13H27N3O2. The lowest BCUT2D eigenvalue weighted by molar-refractivity contribution is -0.145. The molecule has 0 unspecified atom stereocenters. The van der Waals surface area contributed by atoms with E-state index in [4.69, 9.17) is 5.73 Å². The average molecular weight is 257 g/mol. The van der Waals surface area contributed by atoms with Crippen LogP contribution in [0.5, 0.6) is 0 Å². The number of carbonyl (C=O) groups excluding carboxylic acids is 2. The van der Waals surface area contributed by atoms with E-state index in [0.29, 0.717) is 19.5 Å². The molecule has 0 heterocycles. The van der Waals surface area contributed by atoms with E-state index < -0.39 is 11.5 Å². The van der Waals surface area contributed by atoms with Crippen molar-refractivity contribution in [1.82, 2.24) is 10.2 Å². The van der Waals surface area contributed by atoms with Crippen LogP contribution in [0.15, 0.2) is 0 Å². The van der Waals surface area contributed by atoms with E-state index in [9.17, 15) is 9.59 Å². The fourth-order valence-electron chi connectivity index (χ4n) is 1.76. The number of nitrogens with two attached hydrogens (primary N) is 1. The molecule has 0 saturated heterocycles. The molecule has 3 N–H and O–H groups in total. The Labute approximate surface area is 110 Å². The summed E-state index contributed by atoms with van der Waals surface area (Å²) in [5.41, 5.74) is 4.88. The van der Waals surface area contributed by atoms with Crippen LogP contribution < -0.4 is 11.1 Å². The van der Waals surface area contributed by atoms with Crippen molar-refractivity contribution in [1.29, 1.82) is 0 Å². The standard InChI is InChI=1S/C13H27N3O2/c1-6-7-10(11(17)15-9-8-14)16(5)12(18)13(2,3)4/h10H,6-9,14H2,1-5H3,(H,15,17)/t10-/m0/s1. The van der Waals surface area contributed by atoms with Crippen LogP contribution in [0.4, 0.5) is 0 Å². The van der Waals surface area contributed by atoms with Gasteiger partial charge in [0.2, 0.25) is 11.8 Å². The zero-order valence-corrected chi connectivity index (χ0v) is 12.2. The van der Waals surface area contributed by atoms with E-state index in [-0.39, 0.29) is 11.8 Å². The minimum Gasteiger partial charge on any atom is -0.353 e. The number of rotatable bonds is 6. The summed E-state index contributed by atoms with van der Waals surface area (Å²) in [6, 6.07) is -0.409. The van der Waals surface area contributed by atoms with Crippen molar-refractivity contribution in [2.24, 2.45) is 11.1 Å². The van der Waals surface area contributed by atoms with Crippen LogP contribution in [0.2, 0.25) is 0 Å². The van der Waals surface area contributed by atoms with Crippen LogP contribution in [0, 0.1) is 5.41 Å². The second-order valence-corrected chi connectivity index (χ2v) is 5.55. The third-order valence-electron chi connectivity index (χ3n) is 2.74. The van der Waals surface area contributed by atoms with Crippen LogP contribution in [0.25, 0.3) is 0 Å². The van der Waals surface area contributed by atoms with E-state index in [0.717, 1.165) is 6.42 Å². The maximum absolute atomic E-state index is 12.2. The third-order valence-corrected chi connectivity index (χ3v) is 2.74. The summed E-state index contributed by atoms with van der Waals surface area (Å²) in [5.74, 6) is -0.147. The van der Waals surface area contributed by atoms with Crippen molar-refractivity contribution in [2.45, 2.75) is 46.6 Å². The van der Waals surface area contributed by atoms with E-state index in [2.05, 4.69) is 5.32 Å². The summed E-state index contributed by atoms with van der Waals surface area (Å²) in [5, 5.41) is 2.75. The van der Waals surface area contributed by atoms with E-state index >= 15 is 0 Å². The van der Waals surface area contributed by atoms with Crippen molar-refractivity contribution in [3.8, 4) is 0 Å². The van der Waals surface area contributed by atoms with Gasteiger partial charge in [0, 0.05) is 25.6 Å². The number of likely N-dealkylation sites (N-methyl/N-ethyl adjacent to an activating group) is 1. The number of hydrogen-bond acceptors (Lipinski definition) is 3. The third kappa shape index (κ3) is 5.04. The number of hydrogen-bond donors (Lipinski definition) is 2. The number of amides is 2. The molecule has 0 aromatic rings. The second-order valence-electron chi connectivity index (χ2n) is 5.55. The molecule has 5 heteroatoms. The monoisotopic (exact) mass is 257 g/mol. The van der Waals surface area contributed by atoms with Crippen molar-refractivity contribution in [3.05, 3.63) is 0 Å². The highest BCUT2D eigenvalue weighted by Crippen LogP contribution is 2.19. The Morgan fingerprint density at radius 3 is 2.28 bits per heavy atom. The Morgan fingerprint density at radius 2 is 1.89 bits per heavy atom. The van der Waals surface area contributed by atoms with Crippen LogP contribution in [-0.4, -0.2) is 42.9 Å². The first kappa shape index (κ1) is 16.9. The summed E-state index contributed by atoms with van der Waals surface area (Å²) in [6.45, 7) is 8.41. The Balaban J connectivity index is 4.78. The maximum atomic E-state index is 12.2. The number of carbonyl (C=O) groups is 2. The molecule has 1 atom stereocenters. The van der Waals surface area contributed by atoms with Gasteiger partial charge in [0.25, 0.3) is 0 Å². The van der Waals surface area contributed by atoms with Gasteiger partial charge in [-0.1, -0.05) is 34.1 Å². The molecular weight excluding hydrogens is 230 g/mol. The zero-order chi connectivity index (χ0) is 14.3. The molecule has 0 rings (SSSR count). The van der Waals surface area contributed by atoms with Crippen LogP contribution in [0.3, 0.4) is 0 Å². The van der Waals surface area contributed by atoms with Gasteiger partial charge >= 0.3 is 0 Å². The van der Waals surface area contributed by atoms with Crippen molar-refractivity contribution >= 4 is 11.8 Å². The molecule has 0 bridgehead atoms. The average Bonchev–Trinajstić information content (AvgIpc) is 2.29. The van der Waals surface area contributed by atoms with Gasteiger partial charge in [-0.25, -0.2) is 0 Å². The van der Waals surface area contributed by atoms with Crippen molar-refractivity contribution < 1.29 is 9.59 Å².